The third kappa shape index (κ3) is 3.04. The van der Waals surface area contributed by atoms with Crippen LogP contribution in [0.1, 0.15) is 63.9 Å². The topological polar surface area (TPSA) is 16.1 Å². The summed E-state index contributed by atoms with van der Waals surface area (Å²) in [6.07, 6.45) is 16.0. The number of aromatic nitrogens is 1. The Balaban J connectivity index is 1.28. The minimum Gasteiger partial charge on any atom is -0.306 e. The number of fused-ring (bicyclic) bond motifs is 6. The molecule has 0 N–H and O–H groups in total. The number of benzene rings is 1. The Hall–Kier alpha value is -1.67. The van der Waals surface area contributed by atoms with Gasteiger partial charge in [0.25, 0.3) is 0 Å². The predicted molar refractivity (Wildman–Crippen MR) is 130 cm³/mol. The van der Waals surface area contributed by atoms with Crippen molar-refractivity contribution in [1.29, 1.82) is 0 Å². The van der Waals surface area contributed by atoms with Crippen LogP contribution in [0, 0.1) is 35.0 Å². The zero-order valence-corrected chi connectivity index (χ0v) is 19.6. The maximum Gasteiger partial charge on any atom is 0.0708 e. The maximum absolute atomic E-state index is 4.64. The monoisotopic (exact) mass is 414 g/mol. The van der Waals surface area contributed by atoms with E-state index in [4.69, 9.17) is 0 Å². The molecule has 0 bridgehead atoms. The van der Waals surface area contributed by atoms with Gasteiger partial charge in [-0.3, -0.25) is 4.98 Å². The summed E-state index contributed by atoms with van der Waals surface area (Å²) in [5.74, 6) is 4.77. The fourth-order valence-corrected chi connectivity index (χ4v) is 8.62. The Morgan fingerprint density at radius 1 is 0.935 bits per heavy atom. The molecule has 0 saturated heterocycles. The quantitative estimate of drug-likeness (QED) is 0.536. The van der Waals surface area contributed by atoms with Crippen molar-refractivity contribution in [3.8, 4) is 0 Å². The van der Waals surface area contributed by atoms with Crippen LogP contribution in [0.3, 0.4) is 0 Å². The van der Waals surface area contributed by atoms with Gasteiger partial charge in [-0.05, 0) is 124 Å². The molecule has 7 atom stereocenters. The highest BCUT2D eigenvalue weighted by Crippen LogP contribution is 2.64. The van der Waals surface area contributed by atoms with Crippen molar-refractivity contribution in [3.63, 3.8) is 0 Å². The number of allylic oxidation sites excluding steroid dienone is 2. The molecular formula is C29H38N2. The Labute approximate surface area is 188 Å². The normalized spacial score (nSPS) is 39.7. The molecule has 4 aliphatic rings. The molecule has 2 heteroatoms. The van der Waals surface area contributed by atoms with Crippen molar-refractivity contribution in [2.75, 3.05) is 14.1 Å². The van der Waals surface area contributed by atoms with E-state index in [1.165, 1.54) is 62.3 Å². The Morgan fingerprint density at radius 2 is 1.81 bits per heavy atom. The van der Waals surface area contributed by atoms with Crippen LogP contribution in [0.5, 0.6) is 0 Å². The molecule has 2 nitrogen and oxygen atoms in total. The molecule has 6 rings (SSSR count). The highest BCUT2D eigenvalue weighted by atomic mass is 15.1. The second-order valence-electron chi connectivity index (χ2n) is 11.6. The molecule has 7 unspecified atom stereocenters. The summed E-state index contributed by atoms with van der Waals surface area (Å²) in [6.45, 7) is 2.61. The van der Waals surface area contributed by atoms with Crippen LogP contribution in [0.15, 0.2) is 42.6 Å². The molecule has 1 aromatic heterocycles. The lowest BCUT2D eigenvalue weighted by atomic mass is 9.49. The van der Waals surface area contributed by atoms with E-state index >= 15 is 0 Å². The van der Waals surface area contributed by atoms with E-state index in [1.54, 1.807) is 5.57 Å². The van der Waals surface area contributed by atoms with Crippen molar-refractivity contribution in [3.05, 3.63) is 48.2 Å². The molecule has 0 aliphatic heterocycles. The largest absolute Gasteiger partial charge is 0.306 e. The van der Waals surface area contributed by atoms with Gasteiger partial charge in [-0.1, -0.05) is 31.2 Å². The summed E-state index contributed by atoms with van der Waals surface area (Å²) in [5, 5.41) is 1.34. The smallest absolute Gasteiger partial charge is 0.0708 e. The van der Waals surface area contributed by atoms with Crippen molar-refractivity contribution in [1.82, 2.24) is 9.88 Å². The summed E-state index contributed by atoms with van der Waals surface area (Å²) >= 11 is 0. The van der Waals surface area contributed by atoms with Gasteiger partial charge in [-0.25, -0.2) is 0 Å². The Morgan fingerprint density at radius 3 is 2.68 bits per heavy atom. The van der Waals surface area contributed by atoms with Crippen molar-refractivity contribution >= 4 is 16.5 Å². The molecule has 3 fully saturated rings. The molecule has 164 valence electrons. The average Bonchev–Trinajstić information content (AvgIpc) is 3.15. The van der Waals surface area contributed by atoms with Gasteiger partial charge >= 0.3 is 0 Å². The maximum atomic E-state index is 4.64. The number of pyridine rings is 1. The zero-order valence-electron chi connectivity index (χ0n) is 19.6. The van der Waals surface area contributed by atoms with Crippen molar-refractivity contribution < 1.29 is 0 Å². The fourth-order valence-electron chi connectivity index (χ4n) is 8.62. The van der Waals surface area contributed by atoms with Crippen LogP contribution in [0.2, 0.25) is 0 Å². The third-order valence-electron chi connectivity index (χ3n) is 10.2. The van der Waals surface area contributed by atoms with E-state index in [0.29, 0.717) is 5.41 Å². The van der Waals surface area contributed by atoms with Crippen LogP contribution in [0.25, 0.3) is 16.5 Å². The van der Waals surface area contributed by atoms with Gasteiger partial charge in [0.05, 0.1) is 5.52 Å². The first-order valence-corrected chi connectivity index (χ1v) is 12.8. The first-order valence-electron chi connectivity index (χ1n) is 12.8. The number of nitrogens with zero attached hydrogens (tertiary/aromatic N) is 2. The highest BCUT2D eigenvalue weighted by molar-refractivity contribution is 5.93. The van der Waals surface area contributed by atoms with E-state index in [2.05, 4.69) is 67.3 Å². The molecule has 31 heavy (non-hydrogen) atoms. The van der Waals surface area contributed by atoms with Crippen LogP contribution in [-0.4, -0.2) is 30.0 Å². The third-order valence-corrected chi connectivity index (χ3v) is 10.2. The summed E-state index contributed by atoms with van der Waals surface area (Å²) in [4.78, 5) is 7.13. The average molecular weight is 415 g/mol. The van der Waals surface area contributed by atoms with E-state index in [-0.39, 0.29) is 0 Å². The number of hydrogen-bond donors (Lipinski definition) is 0. The van der Waals surface area contributed by atoms with Crippen molar-refractivity contribution in [2.45, 2.75) is 64.3 Å². The Bertz CT molecular complexity index is 1000. The van der Waals surface area contributed by atoms with Gasteiger partial charge in [0.1, 0.15) is 0 Å². The summed E-state index contributed by atoms with van der Waals surface area (Å²) in [7, 11) is 4.58. The van der Waals surface area contributed by atoms with Crippen LogP contribution in [0.4, 0.5) is 0 Å². The molecular weight excluding hydrogens is 376 g/mol. The lowest BCUT2D eigenvalue weighted by molar-refractivity contribution is -0.0481. The van der Waals surface area contributed by atoms with Crippen molar-refractivity contribution in [2.24, 2.45) is 35.0 Å². The predicted octanol–water partition coefficient (Wildman–Crippen LogP) is 6.81. The minimum atomic E-state index is 0.346. The fraction of sp³-hybridized carbons (Fsp3) is 0.621. The molecule has 4 aliphatic carbocycles. The van der Waals surface area contributed by atoms with Crippen LogP contribution >= 0.6 is 0 Å². The lowest BCUT2D eigenvalue weighted by Gasteiger charge is -2.56. The summed E-state index contributed by atoms with van der Waals surface area (Å²) < 4.78 is 0. The van der Waals surface area contributed by atoms with Gasteiger partial charge in [0.15, 0.2) is 0 Å². The van der Waals surface area contributed by atoms with Gasteiger partial charge in [-0.15, -0.1) is 0 Å². The molecule has 0 radical (unpaired) electrons. The van der Waals surface area contributed by atoms with E-state index in [1.807, 2.05) is 6.20 Å². The van der Waals surface area contributed by atoms with Crippen LogP contribution in [-0.2, 0) is 0 Å². The molecule has 0 amide bonds. The standard InChI is InChI=1S/C29H38N2/c1-29-16-15-22-21-12-10-20(31(2)3)18-19(21)9-11-24(22)27(29)14-13-26(29)23-6-4-8-28-25(23)7-5-17-30-28/h4-8,13,17,19-22,24,27H,9-12,14-16,18H2,1-3H3. The zero-order chi connectivity index (χ0) is 21.2. The minimum absolute atomic E-state index is 0.346. The van der Waals surface area contributed by atoms with Gasteiger partial charge in [0, 0.05) is 17.6 Å². The van der Waals surface area contributed by atoms with Gasteiger partial charge < -0.3 is 4.90 Å². The number of rotatable bonds is 2. The molecule has 3 saturated carbocycles. The first kappa shape index (κ1) is 20.0. The van der Waals surface area contributed by atoms with E-state index < -0.39 is 0 Å². The Kier molecular flexibility index (Phi) is 4.79. The second-order valence-corrected chi connectivity index (χ2v) is 11.6. The molecule has 2 aromatic rings. The van der Waals surface area contributed by atoms with E-state index in [9.17, 15) is 0 Å². The second kappa shape index (κ2) is 7.44. The summed E-state index contributed by atoms with van der Waals surface area (Å²) in [6, 6.07) is 11.9. The SMILES string of the molecule is CN(C)C1CCC2C(CCC3C2CCC2(C)C(c4cccc5ncccc45)=CCC32)C1. The highest BCUT2D eigenvalue weighted by Gasteiger charge is 2.55. The molecule has 0 spiro atoms. The van der Waals surface area contributed by atoms with E-state index in [0.717, 1.165) is 41.1 Å². The molecule has 1 aromatic carbocycles. The van der Waals surface area contributed by atoms with Crippen LogP contribution < -0.4 is 0 Å². The first-order chi connectivity index (χ1) is 15.1. The van der Waals surface area contributed by atoms with Gasteiger partial charge in [0.2, 0.25) is 0 Å². The lowest BCUT2D eigenvalue weighted by Crippen LogP contribution is -2.49. The van der Waals surface area contributed by atoms with Gasteiger partial charge in [-0.2, -0.15) is 0 Å². The molecule has 1 heterocycles. The number of hydrogen-bond acceptors (Lipinski definition) is 2. The summed E-state index contributed by atoms with van der Waals surface area (Å²) in [5.41, 5.74) is 4.57.